The maximum Gasteiger partial charge on any atom is 0.407 e. The van der Waals surface area contributed by atoms with Gasteiger partial charge < -0.3 is 20.3 Å². The van der Waals surface area contributed by atoms with E-state index in [1.165, 1.54) is 0 Å². The summed E-state index contributed by atoms with van der Waals surface area (Å²) in [6.45, 7) is 11.1. The summed E-state index contributed by atoms with van der Waals surface area (Å²) in [5.74, 6) is 1.09. The van der Waals surface area contributed by atoms with Crippen molar-refractivity contribution in [1.29, 1.82) is 0 Å². The molecule has 0 aliphatic heterocycles. The van der Waals surface area contributed by atoms with Crippen LogP contribution in [0.1, 0.15) is 46.7 Å². The van der Waals surface area contributed by atoms with E-state index in [4.69, 9.17) is 4.74 Å². The zero-order valence-corrected chi connectivity index (χ0v) is 19.8. The van der Waals surface area contributed by atoms with Crippen molar-refractivity contribution < 1.29 is 9.53 Å². The smallest absolute Gasteiger partial charge is 0.407 e. The highest BCUT2D eigenvalue weighted by molar-refractivity contribution is 14.0. The van der Waals surface area contributed by atoms with Gasteiger partial charge in [-0.2, -0.15) is 5.10 Å². The number of ether oxygens (including phenoxy) is 1. The zero-order valence-electron chi connectivity index (χ0n) is 17.5. The molecule has 1 heterocycles. The van der Waals surface area contributed by atoms with Gasteiger partial charge in [0.25, 0.3) is 0 Å². The number of guanidine groups is 1. The average Bonchev–Trinajstić information content (AvgIpc) is 3.03. The van der Waals surface area contributed by atoms with Crippen molar-refractivity contribution in [2.45, 2.75) is 59.2 Å². The molecular formula is C18H35IN6O2. The van der Waals surface area contributed by atoms with E-state index in [1.54, 1.807) is 13.2 Å². The highest BCUT2D eigenvalue weighted by Gasteiger charge is 2.22. The van der Waals surface area contributed by atoms with Crippen LogP contribution in [-0.2, 0) is 11.3 Å². The molecule has 1 amide bonds. The second-order valence-corrected chi connectivity index (χ2v) is 7.69. The maximum atomic E-state index is 12.0. The Kier molecular flexibility index (Phi) is 11.4. The third kappa shape index (κ3) is 10.4. The molecule has 27 heavy (non-hydrogen) atoms. The van der Waals surface area contributed by atoms with Gasteiger partial charge in [-0.1, -0.05) is 13.8 Å². The topological polar surface area (TPSA) is 94.6 Å². The predicted octanol–water partition coefficient (Wildman–Crippen LogP) is 2.97. The number of nitrogens with zero attached hydrogens (tertiary/aromatic N) is 3. The standard InChI is InChI=1S/C18H34N6O2.HI/c1-13(2)15(22-17(25)26-18(3,4)5)9-11-24(7)16(19-6)20-12-14-8-10-21-23-14;/h8,10,13,15H,9,11-12H2,1-7H3,(H,19,20)(H,21,23)(H,22,25);1H. The molecule has 1 aromatic heterocycles. The lowest BCUT2D eigenvalue weighted by atomic mass is 10.0. The van der Waals surface area contributed by atoms with Crippen LogP contribution in [0.2, 0.25) is 0 Å². The summed E-state index contributed by atoms with van der Waals surface area (Å²) in [6, 6.07) is 1.94. The Morgan fingerprint density at radius 1 is 1.41 bits per heavy atom. The van der Waals surface area contributed by atoms with Gasteiger partial charge in [-0.05, 0) is 39.2 Å². The lowest BCUT2D eigenvalue weighted by Gasteiger charge is -2.28. The number of aromatic amines is 1. The molecule has 3 N–H and O–H groups in total. The first kappa shape index (κ1) is 25.5. The lowest BCUT2D eigenvalue weighted by Crippen LogP contribution is -2.45. The van der Waals surface area contributed by atoms with Crippen LogP contribution in [0, 0.1) is 5.92 Å². The van der Waals surface area contributed by atoms with Gasteiger partial charge in [-0.25, -0.2) is 4.79 Å². The van der Waals surface area contributed by atoms with Crippen molar-refractivity contribution in [2.75, 3.05) is 20.6 Å². The minimum absolute atomic E-state index is 0. The monoisotopic (exact) mass is 494 g/mol. The quantitative estimate of drug-likeness (QED) is 0.308. The summed E-state index contributed by atoms with van der Waals surface area (Å²) < 4.78 is 5.36. The molecule has 156 valence electrons. The van der Waals surface area contributed by atoms with E-state index in [0.717, 1.165) is 24.6 Å². The Morgan fingerprint density at radius 3 is 2.56 bits per heavy atom. The number of aliphatic imine (C=N–C) groups is 1. The molecule has 1 unspecified atom stereocenters. The molecule has 1 atom stereocenters. The minimum atomic E-state index is -0.499. The average molecular weight is 494 g/mol. The number of hydrogen-bond donors (Lipinski definition) is 3. The highest BCUT2D eigenvalue weighted by Crippen LogP contribution is 2.11. The van der Waals surface area contributed by atoms with Crippen LogP contribution in [0.4, 0.5) is 4.79 Å². The van der Waals surface area contributed by atoms with Gasteiger partial charge in [0, 0.05) is 32.9 Å². The molecule has 8 nitrogen and oxygen atoms in total. The van der Waals surface area contributed by atoms with E-state index >= 15 is 0 Å². The first-order chi connectivity index (χ1) is 12.1. The Hall–Kier alpha value is -1.52. The maximum absolute atomic E-state index is 12.0. The van der Waals surface area contributed by atoms with Crippen molar-refractivity contribution in [3.63, 3.8) is 0 Å². The predicted molar refractivity (Wildman–Crippen MR) is 119 cm³/mol. The highest BCUT2D eigenvalue weighted by atomic mass is 127. The number of nitrogens with one attached hydrogen (secondary N) is 3. The van der Waals surface area contributed by atoms with Crippen LogP contribution in [0.3, 0.4) is 0 Å². The van der Waals surface area contributed by atoms with E-state index in [0.29, 0.717) is 12.5 Å². The third-order valence-electron chi connectivity index (χ3n) is 3.85. The first-order valence-corrected chi connectivity index (χ1v) is 9.02. The number of alkyl carbamates (subject to hydrolysis) is 1. The minimum Gasteiger partial charge on any atom is -0.444 e. The summed E-state index contributed by atoms with van der Waals surface area (Å²) in [5, 5.41) is 13.1. The number of aromatic nitrogens is 2. The molecule has 1 aromatic rings. The molecule has 0 saturated carbocycles. The van der Waals surface area contributed by atoms with Crippen molar-refractivity contribution in [3.05, 3.63) is 18.0 Å². The molecule has 1 rings (SSSR count). The molecule has 0 fully saturated rings. The van der Waals surface area contributed by atoms with Gasteiger partial charge in [-0.15, -0.1) is 24.0 Å². The van der Waals surface area contributed by atoms with Crippen LogP contribution in [0.15, 0.2) is 17.3 Å². The number of halogens is 1. The van der Waals surface area contributed by atoms with E-state index in [1.807, 2.05) is 38.8 Å². The number of rotatable bonds is 7. The third-order valence-corrected chi connectivity index (χ3v) is 3.85. The van der Waals surface area contributed by atoms with Crippen LogP contribution in [0.5, 0.6) is 0 Å². The summed E-state index contributed by atoms with van der Waals surface area (Å²) in [6.07, 6.45) is 2.14. The van der Waals surface area contributed by atoms with Crippen LogP contribution in [0.25, 0.3) is 0 Å². The Labute approximate surface area is 179 Å². The largest absolute Gasteiger partial charge is 0.444 e. The van der Waals surface area contributed by atoms with Crippen LogP contribution >= 0.6 is 24.0 Å². The van der Waals surface area contributed by atoms with Crippen molar-refractivity contribution in [2.24, 2.45) is 10.9 Å². The molecule has 0 bridgehead atoms. The second-order valence-electron chi connectivity index (χ2n) is 7.69. The SMILES string of the molecule is CN=C(NCc1ccn[nH]1)N(C)CCC(NC(=O)OC(C)(C)C)C(C)C.I. The van der Waals surface area contributed by atoms with Crippen molar-refractivity contribution >= 4 is 36.0 Å². The van der Waals surface area contributed by atoms with Gasteiger partial charge in [0.2, 0.25) is 0 Å². The van der Waals surface area contributed by atoms with Gasteiger partial charge in [-0.3, -0.25) is 10.1 Å². The number of carbonyl (C=O) groups is 1. The van der Waals surface area contributed by atoms with E-state index in [9.17, 15) is 4.79 Å². The fourth-order valence-corrected chi connectivity index (χ4v) is 2.41. The zero-order chi connectivity index (χ0) is 19.7. The summed E-state index contributed by atoms with van der Waals surface area (Å²) in [4.78, 5) is 18.4. The Bertz CT molecular complexity index is 569. The van der Waals surface area contributed by atoms with Crippen LogP contribution in [-0.4, -0.2) is 59.4 Å². The van der Waals surface area contributed by atoms with Gasteiger partial charge >= 0.3 is 6.09 Å². The van der Waals surface area contributed by atoms with Gasteiger partial charge in [0.05, 0.1) is 12.2 Å². The summed E-state index contributed by atoms with van der Waals surface area (Å²) in [7, 11) is 3.73. The van der Waals surface area contributed by atoms with Crippen molar-refractivity contribution in [1.82, 2.24) is 25.7 Å². The molecule has 9 heteroatoms. The summed E-state index contributed by atoms with van der Waals surface area (Å²) >= 11 is 0. The first-order valence-electron chi connectivity index (χ1n) is 9.02. The normalized spacial score (nSPS) is 13.0. The fraction of sp³-hybridized carbons (Fsp3) is 0.722. The number of carbonyl (C=O) groups excluding carboxylic acids is 1. The molecule has 0 radical (unpaired) electrons. The number of H-pyrrole nitrogens is 1. The van der Waals surface area contributed by atoms with E-state index in [2.05, 4.69) is 39.7 Å². The van der Waals surface area contributed by atoms with Gasteiger partial charge in [0.15, 0.2) is 5.96 Å². The summed E-state index contributed by atoms with van der Waals surface area (Å²) in [5.41, 5.74) is 0.493. The Morgan fingerprint density at radius 2 is 2.07 bits per heavy atom. The molecular weight excluding hydrogens is 459 g/mol. The van der Waals surface area contributed by atoms with Crippen molar-refractivity contribution in [3.8, 4) is 0 Å². The molecule has 0 aromatic carbocycles. The number of amides is 1. The van der Waals surface area contributed by atoms with Crippen LogP contribution < -0.4 is 10.6 Å². The van der Waals surface area contributed by atoms with Gasteiger partial charge in [0.1, 0.15) is 5.60 Å². The molecule has 0 saturated heterocycles. The Balaban J connectivity index is 0.00000676. The lowest BCUT2D eigenvalue weighted by molar-refractivity contribution is 0.0486. The number of hydrogen-bond acceptors (Lipinski definition) is 4. The second kappa shape index (κ2) is 12.0. The molecule has 0 aliphatic rings. The van der Waals surface area contributed by atoms with E-state index < -0.39 is 5.60 Å². The molecule has 0 aliphatic carbocycles. The fourth-order valence-electron chi connectivity index (χ4n) is 2.41. The van der Waals surface area contributed by atoms with E-state index in [-0.39, 0.29) is 36.1 Å². The molecule has 0 spiro atoms.